The first kappa shape index (κ1) is 11.8. The van der Waals surface area contributed by atoms with Crippen molar-refractivity contribution < 1.29 is 0 Å². The number of hydrogen-bond acceptors (Lipinski definition) is 5. The van der Waals surface area contributed by atoms with Crippen molar-refractivity contribution in [2.24, 2.45) is 0 Å². The zero-order chi connectivity index (χ0) is 12.6. The maximum absolute atomic E-state index is 12.1. The van der Waals surface area contributed by atoms with Gasteiger partial charge in [0.25, 0.3) is 5.56 Å². The Labute approximate surface area is 103 Å². The van der Waals surface area contributed by atoms with Crippen molar-refractivity contribution in [1.29, 1.82) is 0 Å². The number of nitrogen functional groups attached to an aromatic ring is 1. The molecule has 2 aromatic rings. The topological polar surface area (TPSA) is 73.8 Å². The summed E-state index contributed by atoms with van der Waals surface area (Å²) in [6.07, 6.45) is 0. The zero-order valence-electron chi connectivity index (χ0n) is 9.97. The summed E-state index contributed by atoms with van der Waals surface area (Å²) in [6.45, 7) is 5.81. The van der Waals surface area contributed by atoms with Gasteiger partial charge in [0.2, 0.25) is 0 Å². The van der Waals surface area contributed by atoms with Crippen LogP contribution >= 0.6 is 11.3 Å². The van der Waals surface area contributed by atoms with Crippen LogP contribution in [0.4, 0.5) is 0 Å². The highest BCUT2D eigenvalue weighted by molar-refractivity contribution is 7.13. The largest absolute Gasteiger partial charge is 0.335 e. The minimum atomic E-state index is -0.313. The standard InChI is InChI=1S/C11H14N4OS/c1-11(2,3)10-14-13-8(9(16)15(10)12)7-5-4-6-17-7/h4-6H,12H2,1-3H3. The van der Waals surface area contributed by atoms with Gasteiger partial charge < -0.3 is 5.84 Å². The van der Waals surface area contributed by atoms with Crippen LogP contribution in [0.25, 0.3) is 10.6 Å². The molecule has 6 heteroatoms. The van der Waals surface area contributed by atoms with E-state index in [1.807, 2.05) is 38.3 Å². The Kier molecular flexibility index (Phi) is 2.74. The lowest BCUT2D eigenvalue weighted by Crippen LogP contribution is -2.38. The normalized spacial score (nSPS) is 11.7. The van der Waals surface area contributed by atoms with E-state index in [1.165, 1.54) is 11.3 Å². The van der Waals surface area contributed by atoms with E-state index in [9.17, 15) is 4.79 Å². The Hall–Kier alpha value is -1.69. The predicted octanol–water partition coefficient (Wildman–Crippen LogP) is 1.38. The molecule has 0 amide bonds. The second kappa shape index (κ2) is 3.96. The quantitative estimate of drug-likeness (QED) is 0.776. The lowest BCUT2D eigenvalue weighted by atomic mass is 9.96. The van der Waals surface area contributed by atoms with Gasteiger partial charge in [0, 0.05) is 5.41 Å². The highest BCUT2D eigenvalue weighted by Crippen LogP contribution is 2.21. The van der Waals surface area contributed by atoms with Crippen LogP contribution in [0.5, 0.6) is 0 Å². The molecule has 0 bridgehead atoms. The molecule has 17 heavy (non-hydrogen) atoms. The average Bonchev–Trinajstić information content (AvgIpc) is 2.73. The Morgan fingerprint density at radius 1 is 1.35 bits per heavy atom. The first-order valence-corrected chi connectivity index (χ1v) is 6.08. The van der Waals surface area contributed by atoms with Gasteiger partial charge in [-0.2, -0.15) is 0 Å². The van der Waals surface area contributed by atoms with Gasteiger partial charge in [0.1, 0.15) is 0 Å². The number of thiophene rings is 1. The second-order valence-electron chi connectivity index (χ2n) is 4.77. The highest BCUT2D eigenvalue weighted by atomic mass is 32.1. The van der Waals surface area contributed by atoms with Gasteiger partial charge in [0.05, 0.1) is 4.88 Å². The van der Waals surface area contributed by atoms with Gasteiger partial charge in [-0.3, -0.25) is 4.79 Å². The van der Waals surface area contributed by atoms with E-state index in [4.69, 9.17) is 5.84 Å². The maximum Gasteiger partial charge on any atom is 0.299 e. The second-order valence-corrected chi connectivity index (χ2v) is 5.72. The zero-order valence-corrected chi connectivity index (χ0v) is 10.8. The smallest absolute Gasteiger partial charge is 0.299 e. The van der Waals surface area contributed by atoms with E-state index in [-0.39, 0.29) is 11.0 Å². The van der Waals surface area contributed by atoms with Crippen LogP contribution < -0.4 is 11.4 Å². The fourth-order valence-corrected chi connectivity index (χ4v) is 2.18. The van der Waals surface area contributed by atoms with Crippen LogP contribution in [0.3, 0.4) is 0 Å². The summed E-state index contributed by atoms with van der Waals surface area (Å²) < 4.78 is 1.09. The average molecular weight is 250 g/mol. The number of aromatic nitrogens is 3. The van der Waals surface area contributed by atoms with Gasteiger partial charge in [0.15, 0.2) is 11.5 Å². The SMILES string of the molecule is CC(C)(C)c1nnc(-c2cccs2)c(=O)n1N. The third-order valence-corrected chi connectivity index (χ3v) is 3.20. The van der Waals surface area contributed by atoms with Crippen molar-refractivity contribution in [1.82, 2.24) is 14.9 Å². The molecule has 0 saturated carbocycles. The maximum atomic E-state index is 12.1. The predicted molar refractivity (Wildman–Crippen MR) is 68.5 cm³/mol. The summed E-state index contributed by atoms with van der Waals surface area (Å²) in [5.74, 6) is 6.26. The van der Waals surface area contributed by atoms with Crippen molar-refractivity contribution in [2.45, 2.75) is 26.2 Å². The summed E-state index contributed by atoms with van der Waals surface area (Å²) in [5.41, 5.74) is -0.322. The number of hydrogen-bond donors (Lipinski definition) is 1. The first-order chi connectivity index (χ1) is 7.91. The summed E-state index contributed by atoms with van der Waals surface area (Å²) in [6, 6.07) is 3.69. The lowest BCUT2D eigenvalue weighted by Gasteiger charge is -2.19. The van der Waals surface area contributed by atoms with E-state index < -0.39 is 0 Å². The Bertz CT molecular complexity index is 581. The van der Waals surface area contributed by atoms with E-state index in [2.05, 4.69) is 10.2 Å². The van der Waals surface area contributed by atoms with Crippen LogP contribution in [0.15, 0.2) is 22.3 Å². The third-order valence-electron chi connectivity index (χ3n) is 2.32. The van der Waals surface area contributed by atoms with Crippen molar-refractivity contribution in [3.63, 3.8) is 0 Å². The minimum absolute atomic E-state index is 0.301. The van der Waals surface area contributed by atoms with E-state index in [0.29, 0.717) is 11.5 Å². The molecule has 0 atom stereocenters. The van der Waals surface area contributed by atoms with Crippen LogP contribution in [0, 0.1) is 0 Å². The molecule has 0 aliphatic heterocycles. The van der Waals surface area contributed by atoms with E-state index in [0.717, 1.165) is 9.55 Å². The lowest BCUT2D eigenvalue weighted by molar-refractivity contribution is 0.502. The Morgan fingerprint density at radius 2 is 2.06 bits per heavy atom. The molecule has 0 radical (unpaired) electrons. The highest BCUT2D eigenvalue weighted by Gasteiger charge is 2.22. The fraction of sp³-hybridized carbons (Fsp3) is 0.364. The summed E-state index contributed by atoms with van der Waals surface area (Å²) in [7, 11) is 0. The third kappa shape index (κ3) is 2.08. The van der Waals surface area contributed by atoms with Gasteiger partial charge in [-0.25, -0.2) is 4.68 Å². The van der Waals surface area contributed by atoms with Gasteiger partial charge in [-0.15, -0.1) is 21.5 Å². The number of nitrogens with two attached hydrogens (primary N) is 1. The van der Waals surface area contributed by atoms with E-state index in [1.54, 1.807) is 0 Å². The number of rotatable bonds is 1. The first-order valence-electron chi connectivity index (χ1n) is 5.20. The van der Waals surface area contributed by atoms with Crippen LogP contribution in [0.1, 0.15) is 26.6 Å². The van der Waals surface area contributed by atoms with E-state index >= 15 is 0 Å². The molecule has 2 heterocycles. The van der Waals surface area contributed by atoms with Crippen LogP contribution in [0.2, 0.25) is 0 Å². The van der Waals surface area contributed by atoms with Crippen molar-refractivity contribution >= 4 is 11.3 Å². The van der Waals surface area contributed by atoms with Crippen LogP contribution in [-0.2, 0) is 5.41 Å². The van der Waals surface area contributed by atoms with Crippen LogP contribution in [-0.4, -0.2) is 14.9 Å². The van der Waals surface area contributed by atoms with Crippen molar-refractivity contribution in [2.75, 3.05) is 5.84 Å². The van der Waals surface area contributed by atoms with Gasteiger partial charge in [-0.1, -0.05) is 26.8 Å². The Morgan fingerprint density at radius 3 is 2.59 bits per heavy atom. The molecule has 0 fully saturated rings. The Balaban J connectivity index is 2.63. The molecule has 90 valence electrons. The fourth-order valence-electron chi connectivity index (χ4n) is 1.48. The number of nitrogens with zero attached hydrogens (tertiary/aromatic N) is 3. The van der Waals surface area contributed by atoms with Gasteiger partial charge in [-0.05, 0) is 11.4 Å². The molecule has 0 aliphatic rings. The molecule has 2 aromatic heterocycles. The molecular formula is C11H14N4OS. The summed E-state index contributed by atoms with van der Waals surface area (Å²) in [5, 5.41) is 9.94. The molecular weight excluding hydrogens is 236 g/mol. The molecule has 0 spiro atoms. The van der Waals surface area contributed by atoms with Gasteiger partial charge >= 0.3 is 0 Å². The summed E-state index contributed by atoms with van der Waals surface area (Å²) >= 11 is 1.44. The minimum Gasteiger partial charge on any atom is -0.335 e. The van der Waals surface area contributed by atoms with Crippen molar-refractivity contribution in [3.05, 3.63) is 33.7 Å². The molecule has 0 aliphatic carbocycles. The monoisotopic (exact) mass is 250 g/mol. The van der Waals surface area contributed by atoms with Crippen molar-refractivity contribution in [3.8, 4) is 10.6 Å². The molecule has 0 saturated heterocycles. The molecule has 2 N–H and O–H groups in total. The molecule has 0 unspecified atom stereocenters. The summed E-state index contributed by atoms with van der Waals surface area (Å²) in [4.78, 5) is 12.9. The molecule has 0 aromatic carbocycles. The molecule has 5 nitrogen and oxygen atoms in total. The molecule has 2 rings (SSSR count).